The fourth-order valence-electron chi connectivity index (χ4n) is 2.14. The van der Waals surface area contributed by atoms with Gasteiger partial charge in [-0.05, 0) is 25.0 Å². The van der Waals surface area contributed by atoms with E-state index in [4.69, 9.17) is 28.3 Å². The van der Waals surface area contributed by atoms with Crippen LogP contribution in [-0.4, -0.2) is 41.5 Å². The minimum absolute atomic E-state index is 0.0393. The van der Waals surface area contributed by atoms with Gasteiger partial charge in [0.2, 0.25) is 10.0 Å². The Morgan fingerprint density at radius 1 is 1.35 bits per heavy atom. The Morgan fingerprint density at radius 2 is 2.00 bits per heavy atom. The molecule has 2 rings (SSSR count). The second-order valence-corrected chi connectivity index (χ2v) is 7.05. The van der Waals surface area contributed by atoms with Gasteiger partial charge < -0.3 is 10.2 Å². The summed E-state index contributed by atoms with van der Waals surface area (Å²) in [6.07, 6.45) is 0.662. The first kappa shape index (κ1) is 15.4. The van der Waals surface area contributed by atoms with Gasteiger partial charge in [0.05, 0.1) is 5.02 Å². The first-order valence-electron chi connectivity index (χ1n) is 5.68. The number of aliphatic carboxylic acids is 1. The van der Waals surface area contributed by atoms with Crippen molar-refractivity contribution in [3.63, 3.8) is 0 Å². The van der Waals surface area contributed by atoms with E-state index in [1.807, 2.05) is 0 Å². The number of halogens is 2. The van der Waals surface area contributed by atoms with E-state index in [2.05, 4.69) is 0 Å². The van der Waals surface area contributed by atoms with E-state index in [1.54, 1.807) is 0 Å². The maximum absolute atomic E-state index is 12.5. The maximum Gasteiger partial charge on any atom is 0.322 e. The number of carbonyl (C=O) groups is 1. The average molecular weight is 340 g/mol. The van der Waals surface area contributed by atoms with Gasteiger partial charge in [-0.15, -0.1) is 0 Å². The Morgan fingerprint density at radius 3 is 2.60 bits per heavy atom. The molecular weight excluding hydrogens is 329 g/mol. The van der Waals surface area contributed by atoms with Gasteiger partial charge in [-0.3, -0.25) is 4.79 Å². The molecule has 1 fully saturated rings. The van der Waals surface area contributed by atoms with Crippen LogP contribution in [0.2, 0.25) is 10.0 Å². The number of sulfonamides is 1. The molecule has 9 heteroatoms. The third-order valence-corrected chi connectivity index (χ3v) is 5.50. The van der Waals surface area contributed by atoms with Crippen LogP contribution in [0.25, 0.3) is 0 Å². The van der Waals surface area contributed by atoms with Gasteiger partial charge in [0.1, 0.15) is 10.9 Å². The zero-order valence-corrected chi connectivity index (χ0v) is 12.4. The van der Waals surface area contributed by atoms with E-state index in [0.29, 0.717) is 6.42 Å². The molecule has 1 aliphatic rings. The molecule has 1 heterocycles. The predicted octanol–water partition coefficient (Wildman–Crippen LogP) is 1.94. The van der Waals surface area contributed by atoms with Crippen molar-refractivity contribution in [1.29, 1.82) is 0 Å². The quantitative estimate of drug-likeness (QED) is 0.877. The average Bonchev–Trinajstić information content (AvgIpc) is 2.83. The lowest BCUT2D eigenvalue weighted by atomic mass is 10.2. The molecule has 0 radical (unpaired) electrons. The Balaban J connectivity index is 2.53. The molecule has 1 atom stereocenters. The first-order chi connectivity index (χ1) is 9.25. The first-order valence-corrected chi connectivity index (χ1v) is 7.87. The largest absolute Gasteiger partial charge is 0.505 e. The Labute approximate surface area is 125 Å². The highest BCUT2D eigenvalue weighted by Crippen LogP contribution is 2.37. The maximum atomic E-state index is 12.5. The van der Waals surface area contributed by atoms with Crippen molar-refractivity contribution < 1.29 is 23.4 Å². The lowest BCUT2D eigenvalue weighted by molar-refractivity contribution is -0.140. The van der Waals surface area contributed by atoms with Crippen LogP contribution in [0.3, 0.4) is 0 Å². The van der Waals surface area contributed by atoms with Crippen LogP contribution in [0.1, 0.15) is 12.8 Å². The molecule has 0 bridgehead atoms. The molecule has 6 nitrogen and oxygen atoms in total. The van der Waals surface area contributed by atoms with E-state index in [-0.39, 0.29) is 23.0 Å². The van der Waals surface area contributed by atoms with Crippen LogP contribution in [-0.2, 0) is 14.8 Å². The van der Waals surface area contributed by atoms with Crippen molar-refractivity contribution >= 4 is 39.2 Å². The zero-order chi connectivity index (χ0) is 15.1. The fourth-order valence-corrected chi connectivity index (χ4v) is 4.54. The van der Waals surface area contributed by atoms with Crippen molar-refractivity contribution in [1.82, 2.24) is 4.31 Å². The Hall–Kier alpha value is -1.02. The van der Waals surface area contributed by atoms with Gasteiger partial charge >= 0.3 is 5.97 Å². The molecule has 1 saturated heterocycles. The Bertz CT molecular complexity index is 661. The number of aromatic hydroxyl groups is 1. The summed E-state index contributed by atoms with van der Waals surface area (Å²) in [6.45, 7) is 0.0723. The summed E-state index contributed by atoms with van der Waals surface area (Å²) in [4.78, 5) is 10.6. The molecule has 0 aromatic heterocycles. The summed E-state index contributed by atoms with van der Waals surface area (Å²) in [7, 11) is -4.17. The van der Waals surface area contributed by atoms with E-state index in [0.717, 1.165) is 10.4 Å². The van der Waals surface area contributed by atoms with Crippen LogP contribution in [0.15, 0.2) is 17.0 Å². The molecule has 20 heavy (non-hydrogen) atoms. The summed E-state index contributed by atoms with van der Waals surface area (Å²) in [6, 6.07) is 1.11. The van der Waals surface area contributed by atoms with Gasteiger partial charge in [-0.1, -0.05) is 23.2 Å². The van der Waals surface area contributed by atoms with E-state index < -0.39 is 32.7 Å². The third kappa shape index (κ3) is 2.58. The molecule has 2 N–H and O–H groups in total. The molecule has 1 aromatic rings. The highest BCUT2D eigenvalue weighted by Gasteiger charge is 2.40. The van der Waals surface area contributed by atoms with Gasteiger partial charge in [0.25, 0.3) is 0 Å². The number of benzene rings is 1. The summed E-state index contributed by atoms with van der Waals surface area (Å²) >= 11 is 11.4. The molecule has 0 unspecified atom stereocenters. The monoisotopic (exact) mass is 339 g/mol. The smallest absolute Gasteiger partial charge is 0.322 e. The number of hydrogen-bond donors (Lipinski definition) is 2. The molecule has 1 aliphatic heterocycles. The number of nitrogens with zero attached hydrogens (tertiary/aromatic N) is 1. The number of hydrogen-bond acceptors (Lipinski definition) is 4. The topological polar surface area (TPSA) is 94.9 Å². The molecule has 0 aliphatic carbocycles. The molecule has 0 amide bonds. The van der Waals surface area contributed by atoms with Crippen molar-refractivity contribution in [3.05, 3.63) is 22.2 Å². The number of carboxylic acids is 1. The van der Waals surface area contributed by atoms with Gasteiger partial charge in [-0.2, -0.15) is 4.31 Å². The van der Waals surface area contributed by atoms with Crippen LogP contribution in [0, 0.1) is 0 Å². The second kappa shape index (κ2) is 5.40. The van der Waals surface area contributed by atoms with Crippen molar-refractivity contribution in [3.8, 4) is 5.75 Å². The number of phenolic OH excluding ortho intramolecular Hbond substituents is 1. The summed E-state index contributed by atoms with van der Waals surface area (Å²) in [5.41, 5.74) is 0. The van der Waals surface area contributed by atoms with E-state index >= 15 is 0 Å². The van der Waals surface area contributed by atoms with Gasteiger partial charge in [-0.25, -0.2) is 8.42 Å². The summed E-state index contributed by atoms with van der Waals surface area (Å²) in [5, 5.41) is 18.7. The van der Waals surface area contributed by atoms with Gasteiger partial charge in [0, 0.05) is 11.6 Å². The number of carboxylic acid groups (broad SMARTS) is 1. The second-order valence-electron chi connectivity index (χ2n) is 4.35. The number of rotatable bonds is 3. The lowest BCUT2D eigenvalue weighted by Gasteiger charge is -2.21. The highest BCUT2D eigenvalue weighted by molar-refractivity contribution is 7.89. The van der Waals surface area contributed by atoms with Crippen molar-refractivity contribution in [2.24, 2.45) is 0 Å². The fraction of sp³-hybridized carbons (Fsp3) is 0.364. The molecule has 0 spiro atoms. The van der Waals surface area contributed by atoms with E-state index in [1.165, 1.54) is 6.07 Å². The van der Waals surface area contributed by atoms with Crippen LogP contribution < -0.4 is 0 Å². The van der Waals surface area contributed by atoms with Crippen molar-refractivity contribution in [2.45, 2.75) is 23.8 Å². The lowest BCUT2D eigenvalue weighted by Crippen LogP contribution is -2.40. The van der Waals surface area contributed by atoms with Crippen LogP contribution >= 0.6 is 23.2 Å². The molecule has 1 aromatic carbocycles. The standard InChI is InChI=1S/C11H11Cl2NO5S/c12-6-4-7(13)10(15)9(5-6)20(18,19)14-3-1-2-8(14)11(16)17/h4-5,8,15H,1-3H2,(H,16,17)/t8-/m1/s1. The summed E-state index contributed by atoms with van der Waals surface area (Å²) in [5.74, 6) is -1.86. The Kier molecular flexibility index (Phi) is 4.15. The van der Waals surface area contributed by atoms with Crippen LogP contribution in [0.4, 0.5) is 0 Å². The summed E-state index contributed by atoms with van der Waals surface area (Å²) < 4.78 is 25.8. The van der Waals surface area contributed by atoms with E-state index in [9.17, 15) is 18.3 Å². The number of phenols is 1. The molecular formula is C11H11Cl2NO5S. The minimum Gasteiger partial charge on any atom is -0.505 e. The third-order valence-electron chi connectivity index (χ3n) is 3.07. The van der Waals surface area contributed by atoms with Crippen molar-refractivity contribution in [2.75, 3.05) is 6.54 Å². The zero-order valence-electron chi connectivity index (χ0n) is 10.1. The minimum atomic E-state index is -4.17. The van der Waals surface area contributed by atoms with Crippen LogP contribution in [0.5, 0.6) is 5.75 Å². The normalized spacial score (nSPS) is 20.2. The highest BCUT2D eigenvalue weighted by atomic mass is 35.5. The molecule has 110 valence electrons. The predicted molar refractivity (Wildman–Crippen MR) is 72.7 cm³/mol. The molecule has 0 saturated carbocycles. The SMILES string of the molecule is O=C(O)[C@H]1CCCN1S(=O)(=O)c1cc(Cl)cc(Cl)c1O. The van der Waals surface area contributed by atoms with Gasteiger partial charge in [0.15, 0.2) is 5.75 Å².